The summed E-state index contributed by atoms with van der Waals surface area (Å²) in [5, 5.41) is 0. The molecule has 0 saturated carbocycles. The van der Waals surface area contributed by atoms with E-state index in [2.05, 4.69) is 12.1 Å². The van der Waals surface area contributed by atoms with Crippen LogP contribution in [0.25, 0.3) is 0 Å². The van der Waals surface area contributed by atoms with Gasteiger partial charge in [-0.15, -0.1) is 12.4 Å². The van der Waals surface area contributed by atoms with Gasteiger partial charge in [0.1, 0.15) is 5.82 Å². The Kier molecular flexibility index (Phi) is 6.35. The number of benzene rings is 2. The zero-order valence-electron chi connectivity index (χ0n) is 13.4. The molecular weight excluding hydrogens is 327 g/mol. The minimum Gasteiger partial charge on any atom is -0.341 e. The van der Waals surface area contributed by atoms with Crippen molar-refractivity contribution in [3.05, 3.63) is 71.5 Å². The fourth-order valence-electron chi connectivity index (χ4n) is 3.31. The highest BCUT2D eigenvalue weighted by atomic mass is 35.5. The van der Waals surface area contributed by atoms with E-state index in [1.807, 2.05) is 23.1 Å². The summed E-state index contributed by atoms with van der Waals surface area (Å²) in [4.78, 5) is 14.3. The molecule has 24 heavy (non-hydrogen) atoms. The van der Waals surface area contributed by atoms with Crippen LogP contribution in [0.3, 0.4) is 0 Å². The van der Waals surface area contributed by atoms with Crippen molar-refractivity contribution in [2.24, 2.45) is 11.7 Å². The number of hydrogen-bond acceptors (Lipinski definition) is 2. The molecule has 1 fully saturated rings. The first kappa shape index (κ1) is 18.4. The third-order valence-electron chi connectivity index (χ3n) is 4.62. The van der Waals surface area contributed by atoms with Crippen molar-refractivity contribution in [3.63, 3.8) is 0 Å². The second-order valence-electron chi connectivity index (χ2n) is 6.08. The maximum absolute atomic E-state index is 13.7. The monoisotopic (exact) mass is 348 g/mol. The van der Waals surface area contributed by atoms with Crippen molar-refractivity contribution < 1.29 is 9.18 Å². The lowest BCUT2D eigenvalue weighted by Crippen LogP contribution is -2.31. The molecule has 5 heteroatoms. The Labute approximate surface area is 148 Å². The normalized spacial score (nSPS) is 19.8. The van der Waals surface area contributed by atoms with Crippen molar-refractivity contribution in [3.8, 4) is 0 Å². The smallest absolute Gasteiger partial charge is 0.227 e. The molecule has 1 aliphatic heterocycles. The highest BCUT2D eigenvalue weighted by Crippen LogP contribution is 2.32. The maximum Gasteiger partial charge on any atom is 0.227 e. The topological polar surface area (TPSA) is 46.3 Å². The zero-order chi connectivity index (χ0) is 16.2. The van der Waals surface area contributed by atoms with Crippen LogP contribution >= 0.6 is 12.4 Å². The molecule has 0 spiro atoms. The predicted molar refractivity (Wildman–Crippen MR) is 95.7 cm³/mol. The second-order valence-corrected chi connectivity index (χ2v) is 6.08. The van der Waals surface area contributed by atoms with Gasteiger partial charge in [-0.05, 0) is 29.7 Å². The summed E-state index contributed by atoms with van der Waals surface area (Å²) in [6.45, 7) is 1.84. The quantitative estimate of drug-likeness (QED) is 0.923. The first-order valence-corrected chi connectivity index (χ1v) is 7.95. The van der Waals surface area contributed by atoms with E-state index in [9.17, 15) is 9.18 Å². The molecule has 2 atom stereocenters. The first-order valence-electron chi connectivity index (χ1n) is 7.95. The Morgan fingerprint density at radius 1 is 1.08 bits per heavy atom. The van der Waals surface area contributed by atoms with Crippen LogP contribution in [0.2, 0.25) is 0 Å². The van der Waals surface area contributed by atoms with Crippen LogP contribution < -0.4 is 5.73 Å². The molecule has 2 aromatic rings. The van der Waals surface area contributed by atoms with E-state index in [1.165, 1.54) is 11.6 Å². The highest BCUT2D eigenvalue weighted by molar-refractivity contribution is 5.85. The molecule has 3 nitrogen and oxygen atoms in total. The summed E-state index contributed by atoms with van der Waals surface area (Å²) in [7, 11) is 0. The van der Waals surface area contributed by atoms with E-state index in [0.717, 1.165) is 0 Å². The largest absolute Gasteiger partial charge is 0.341 e. The Bertz CT molecular complexity index is 680. The highest BCUT2D eigenvalue weighted by Gasteiger charge is 2.35. The number of rotatable bonds is 4. The number of carbonyl (C=O) groups is 1. The Morgan fingerprint density at radius 3 is 2.42 bits per heavy atom. The maximum atomic E-state index is 13.7. The van der Waals surface area contributed by atoms with E-state index in [4.69, 9.17) is 5.73 Å². The van der Waals surface area contributed by atoms with Gasteiger partial charge >= 0.3 is 0 Å². The average molecular weight is 349 g/mol. The van der Waals surface area contributed by atoms with Gasteiger partial charge in [0.25, 0.3) is 0 Å². The Balaban J connectivity index is 0.00000208. The number of carbonyl (C=O) groups excluding carboxylic acids is 1. The number of likely N-dealkylation sites (tertiary alicyclic amines) is 1. The van der Waals surface area contributed by atoms with Crippen molar-refractivity contribution in [1.29, 1.82) is 0 Å². The van der Waals surface area contributed by atoms with E-state index >= 15 is 0 Å². The molecule has 0 aromatic heterocycles. The summed E-state index contributed by atoms with van der Waals surface area (Å²) < 4.78 is 13.7. The molecule has 128 valence electrons. The third kappa shape index (κ3) is 3.94. The van der Waals surface area contributed by atoms with Gasteiger partial charge < -0.3 is 10.6 Å². The van der Waals surface area contributed by atoms with E-state index in [0.29, 0.717) is 25.2 Å². The van der Waals surface area contributed by atoms with Gasteiger partial charge in [-0.3, -0.25) is 4.79 Å². The average Bonchev–Trinajstić information content (AvgIpc) is 3.02. The summed E-state index contributed by atoms with van der Waals surface area (Å²) >= 11 is 0. The van der Waals surface area contributed by atoms with Crippen molar-refractivity contribution >= 4 is 18.3 Å². The number of amides is 1. The summed E-state index contributed by atoms with van der Waals surface area (Å²) in [6.07, 6.45) is 0.103. The van der Waals surface area contributed by atoms with Crippen molar-refractivity contribution in [1.82, 2.24) is 4.90 Å². The standard InChI is InChI=1S/C19H21FN2O.ClH/c20-18-9-5-4-8-15(18)10-19(23)22-12-16(11-21)17(13-22)14-6-2-1-3-7-14;/h1-9,16-17H,10-13,21H2;1H/t16-,17+;/m1./s1. The molecule has 0 radical (unpaired) electrons. The lowest BCUT2D eigenvalue weighted by molar-refractivity contribution is -0.129. The molecule has 0 bridgehead atoms. The fourth-order valence-corrected chi connectivity index (χ4v) is 3.31. The molecule has 1 heterocycles. The fraction of sp³-hybridized carbons (Fsp3) is 0.316. The summed E-state index contributed by atoms with van der Waals surface area (Å²) in [6, 6.07) is 16.6. The molecule has 0 aliphatic carbocycles. The molecular formula is C19H22ClFN2O. The lowest BCUT2D eigenvalue weighted by atomic mass is 9.89. The Hall–Kier alpha value is -1.91. The van der Waals surface area contributed by atoms with Crippen LogP contribution in [0.15, 0.2) is 54.6 Å². The molecule has 1 aliphatic rings. The molecule has 1 amide bonds. The summed E-state index contributed by atoms with van der Waals surface area (Å²) in [5.74, 6) is 0.148. The van der Waals surface area contributed by atoms with Crippen molar-refractivity contribution in [2.45, 2.75) is 12.3 Å². The first-order chi connectivity index (χ1) is 11.2. The van der Waals surface area contributed by atoms with Gasteiger partial charge in [0.05, 0.1) is 6.42 Å². The lowest BCUT2D eigenvalue weighted by Gasteiger charge is -2.17. The predicted octanol–water partition coefficient (Wildman–Crippen LogP) is 2.99. The summed E-state index contributed by atoms with van der Waals surface area (Å²) in [5.41, 5.74) is 7.56. The van der Waals surface area contributed by atoms with Crippen LogP contribution in [0.5, 0.6) is 0 Å². The molecule has 2 aromatic carbocycles. The molecule has 1 saturated heterocycles. The number of nitrogens with zero attached hydrogens (tertiary/aromatic N) is 1. The van der Waals surface area contributed by atoms with Gasteiger partial charge in [0.15, 0.2) is 0 Å². The van der Waals surface area contributed by atoms with Gasteiger partial charge in [-0.1, -0.05) is 48.5 Å². The minimum atomic E-state index is -0.324. The number of halogens is 2. The van der Waals surface area contributed by atoms with Crippen LogP contribution in [0.1, 0.15) is 17.0 Å². The SMILES string of the molecule is Cl.NC[C@@H]1CN(C(=O)Cc2ccccc2F)C[C@H]1c1ccccc1. The molecule has 3 rings (SSSR count). The van der Waals surface area contributed by atoms with Crippen LogP contribution in [-0.2, 0) is 11.2 Å². The van der Waals surface area contributed by atoms with E-state index in [-0.39, 0.29) is 42.4 Å². The van der Waals surface area contributed by atoms with Crippen LogP contribution in [-0.4, -0.2) is 30.4 Å². The van der Waals surface area contributed by atoms with Crippen molar-refractivity contribution in [2.75, 3.05) is 19.6 Å². The van der Waals surface area contributed by atoms with Gasteiger partial charge in [0, 0.05) is 19.0 Å². The number of hydrogen-bond donors (Lipinski definition) is 1. The van der Waals surface area contributed by atoms with E-state index in [1.54, 1.807) is 18.2 Å². The van der Waals surface area contributed by atoms with Gasteiger partial charge in [0.2, 0.25) is 5.91 Å². The van der Waals surface area contributed by atoms with Crippen LogP contribution in [0, 0.1) is 11.7 Å². The van der Waals surface area contributed by atoms with Crippen LogP contribution in [0.4, 0.5) is 4.39 Å². The van der Waals surface area contributed by atoms with E-state index < -0.39 is 0 Å². The van der Waals surface area contributed by atoms with Gasteiger partial charge in [-0.25, -0.2) is 4.39 Å². The zero-order valence-corrected chi connectivity index (χ0v) is 14.2. The van der Waals surface area contributed by atoms with Gasteiger partial charge in [-0.2, -0.15) is 0 Å². The Morgan fingerprint density at radius 2 is 1.75 bits per heavy atom. The number of nitrogens with two attached hydrogens (primary N) is 1. The molecule has 0 unspecified atom stereocenters. The second kappa shape index (κ2) is 8.27. The third-order valence-corrected chi connectivity index (χ3v) is 4.62. The minimum absolute atomic E-state index is 0. The molecule has 2 N–H and O–H groups in total.